The van der Waals surface area contributed by atoms with E-state index in [9.17, 15) is 4.79 Å². The van der Waals surface area contributed by atoms with E-state index in [-0.39, 0.29) is 5.91 Å². The van der Waals surface area contributed by atoms with Gasteiger partial charge in [-0.25, -0.2) is 0 Å². The molecule has 2 aliphatic rings. The molecule has 7 heteroatoms. The summed E-state index contributed by atoms with van der Waals surface area (Å²) in [6.07, 6.45) is 0. The van der Waals surface area contributed by atoms with Gasteiger partial charge in [-0.1, -0.05) is 0 Å². The second kappa shape index (κ2) is 7.27. The van der Waals surface area contributed by atoms with Crippen LogP contribution < -0.4 is 0 Å². The molecule has 0 spiro atoms. The van der Waals surface area contributed by atoms with Crippen LogP contribution in [-0.4, -0.2) is 63.1 Å². The Balaban J connectivity index is 1.34. The lowest BCUT2D eigenvalue weighted by Gasteiger charge is -2.33. The lowest BCUT2D eigenvalue weighted by molar-refractivity contribution is -0.130. The highest BCUT2D eigenvalue weighted by atomic mass is 32.1. The summed E-state index contributed by atoms with van der Waals surface area (Å²) in [5.74, 6) is 0.183. The quantitative estimate of drug-likeness (QED) is 0.832. The van der Waals surface area contributed by atoms with Crippen LogP contribution in [0.15, 0.2) is 22.9 Å². The molecule has 4 rings (SSSR count). The summed E-state index contributed by atoms with van der Waals surface area (Å²) < 4.78 is 2.17. The molecule has 0 aromatic carbocycles. The average Bonchev–Trinajstić information content (AvgIpc) is 3.24. The molecule has 0 unspecified atom stereocenters. The first-order valence-corrected chi connectivity index (χ1v) is 9.88. The number of thiophene rings is 1. The fourth-order valence-corrected chi connectivity index (χ4v) is 4.34. The first-order chi connectivity index (χ1) is 12.2. The third kappa shape index (κ3) is 3.94. The van der Waals surface area contributed by atoms with Crippen LogP contribution in [0.2, 0.25) is 0 Å². The SMILES string of the molecule is CC(=O)N1CCN(Cc2cc3n(n2)CCN(Cc2ccsc2)C3)CC1. The second-order valence-electron chi connectivity index (χ2n) is 6.97. The molecule has 25 heavy (non-hydrogen) atoms. The van der Waals surface area contributed by atoms with Gasteiger partial charge in [0.25, 0.3) is 0 Å². The van der Waals surface area contributed by atoms with E-state index in [2.05, 4.69) is 37.4 Å². The zero-order valence-corrected chi connectivity index (χ0v) is 15.5. The van der Waals surface area contributed by atoms with Gasteiger partial charge in [0, 0.05) is 59.3 Å². The first-order valence-electron chi connectivity index (χ1n) is 8.94. The molecule has 2 aliphatic heterocycles. The summed E-state index contributed by atoms with van der Waals surface area (Å²) in [7, 11) is 0. The third-order valence-corrected chi connectivity index (χ3v) is 5.85. The number of piperazine rings is 1. The summed E-state index contributed by atoms with van der Waals surface area (Å²) in [6.45, 7) is 10.1. The highest BCUT2D eigenvalue weighted by Crippen LogP contribution is 2.18. The summed E-state index contributed by atoms with van der Waals surface area (Å²) in [4.78, 5) is 18.3. The number of hydrogen-bond donors (Lipinski definition) is 0. The van der Waals surface area contributed by atoms with Crippen molar-refractivity contribution in [2.75, 3.05) is 32.7 Å². The Morgan fingerprint density at radius 2 is 1.92 bits per heavy atom. The maximum absolute atomic E-state index is 11.4. The minimum absolute atomic E-state index is 0.183. The Hall–Kier alpha value is -1.70. The van der Waals surface area contributed by atoms with Gasteiger partial charge in [0.05, 0.1) is 17.9 Å². The van der Waals surface area contributed by atoms with Crippen molar-refractivity contribution in [3.05, 3.63) is 39.8 Å². The van der Waals surface area contributed by atoms with Crippen LogP contribution in [0.1, 0.15) is 23.9 Å². The molecule has 0 N–H and O–H groups in total. The summed E-state index contributed by atoms with van der Waals surface area (Å²) >= 11 is 1.76. The van der Waals surface area contributed by atoms with Crippen molar-refractivity contribution in [2.45, 2.75) is 33.1 Å². The molecule has 0 radical (unpaired) electrons. The molecule has 1 fully saturated rings. The molecule has 134 valence electrons. The summed E-state index contributed by atoms with van der Waals surface area (Å²) in [5, 5.41) is 9.18. The van der Waals surface area contributed by atoms with Gasteiger partial charge in [-0.15, -0.1) is 0 Å². The molecule has 0 bridgehead atoms. The molecule has 4 heterocycles. The van der Waals surface area contributed by atoms with E-state index in [0.29, 0.717) is 0 Å². The van der Waals surface area contributed by atoms with Crippen molar-refractivity contribution in [1.29, 1.82) is 0 Å². The molecule has 0 aliphatic carbocycles. The van der Waals surface area contributed by atoms with E-state index >= 15 is 0 Å². The van der Waals surface area contributed by atoms with Crippen molar-refractivity contribution < 1.29 is 4.79 Å². The maximum atomic E-state index is 11.4. The van der Waals surface area contributed by atoms with Crippen LogP contribution in [0.4, 0.5) is 0 Å². The predicted molar refractivity (Wildman–Crippen MR) is 98.2 cm³/mol. The molecule has 1 amide bonds. The standard InChI is InChI=1S/C18H25N5OS/c1-15(24)22-6-3-20(4-7-22)12-17-10-18-13-21(5-8-23(18)19-17)11-16-2-9-25-14-16/h2,9-10,14H,3-8,11-13H2,1H3. The molecule has 2 aromatic heterocycles. The first kappa shape index (κ1) is 16.8. The van der Waals surface area contributed by atoms with Crippen LogP contribution in [0, 0.1) is 0 Å². The van der Waals surface area contributed by atoms with E-state index in [0.717, 1.165) is 64.6 Å². The average molecular weight is 359 g/mol. The van der Waals surface area contributed by atoms with Crippen molar-refractivity contribution in [1.82, 2.24) is 24.5 Å². The fourth-order valence-electron chi connectivity index (χ4n) is 3.68. The van der Waals surface area contributed by atoms with Crippen LogP contribution in [-0.2, 0) is 31.0 Å². The highest BCUT2D eigenvalue weighted by molar-refractivity contribution is 7.07. The zero-order valence-electron chi connectivity index (χ0n) is 14.7. The minimum atomic E-state index is 0.183. The van der Waals surface area contributed by atoms with Gasteiger partial charge in [-0.05, 0) is 28.5 Å². The Morgan fingerprint density at radius 1 is 1.12 bits per heavy atom. The lowest BCUT2D eigenvalue weighted by atomic mass is 10.2. The molecular formula is C18H25N5OS. The smallest absolute Gasteiger partial charge is 0.219 e. The highest BCUT2D eigenvalue weighted by Gasteiger charge is 2.22. The van der Waals surface area contributed by atoms with E-state index in [1.807, 2.05) is 4.90 Å². The normalized spacial score (nSPS) is 19.2. The number of carbonyl (C=O) groups is 1. The van der Waals surface area contributed by atoms with Gasteiger partial charge in [-0.2, -0.15) is 16.4 Å². The summed E-state index contributed by atoms with van der Waals surface area (Å²) in [6, 6.07) is 4.47. The molecular weight excluding hydrogens is 334 g/mol. The van der Waals surface area contributed by atoms with E-state index in [4.69, 9.17) is 5.10 Å². The molecule has 6 nitrogen and oxygen atoms in total. The molecule has 0 saturated carbocycles. The van der Waals surface area contributed by atoms with Crippen molar-refractivity contribution in [3.63, 3.8) is 0 Å². The second-order valence-corrected chi connectivity index (χ2v) is 7.75. The van der Waals surface area contributed by atoms with E-state index in [1.165, 1.54) is 11.3 Å². The Labute approximate surface area is 152 Å². The van der Waals surface area contributed by atoms with E-state index < -0.39 is 0 Å². The van der Waals surface area contributed by atoms with Crippen molar-refractivity contribution in [2.24, 2.45) is 0 Å². The summed E-state index contributed by atoms with van der Waals surface area (Å²) in [5.41, 5.74) is 3.88. The van der Waals surface area contributed by atoms with Crippen LogP contribution >= 0.6 is 11.3 Å². The third-order valence-electron chi connectivity index (χ3n) is 5.12. The van der Waals surface area contributed by atoms with Gasteiger partial charge in [0.2, 0.25) is 5.91 Å². The lowest BCUT2D eigenvalue weighted by Crippen LogP contribution is -2.47. The number of carbonyl (C=O) groups excluding carboxylic acids is 1. The van der Waals surface area contributed by atoms with Crippen LogP contribution in [0.3, 0.4) is 0 Å². The van der Waals surface area contributed by atoms with Crippen molar-refractivity contribution in [3.8, 4) is 0 Å². The number of fused-ring (bicyclic) bond motifs is 1. The number of nitrogens with zero attached hydrogens (tertiary/aromatic N) is 5. The number of hydrogen-bond acceptors (Lipinski definition) is 5. The van der Waals surface area contributed by atoms with E-state index in [1.54, 1.807) is 18.3 Å². The Morgan fingerprint density at radius 3 is 2.64 bits per heavy atom. The van der Waals surface area contributed by atoms with Crippen LogP contribution in [0.25, 0.3) is 0 Å². The van der Waals surface area contributed by atoms with Gasteiger partial charge in [0.15, 0.2) is 0 Å². The molecule has 0 atom stereocenters. The molecule has 1 saturated heterocycles. The zero-order chi connectivity index (χ0) is 17.2. The maximum Gasteiger partial charge on any atom is 0.219 e. The van der Waals surface area contributed by atoms with Gasteiger partial charge >= 0.3 is 0 Å². The number of rotatable bonds is 4. The van der Waals surface area contributed by atoms with Gasteiger partial charge < -0.3 is 4.90 Å². The van der Waals surface area contributed by atoms with Gasteiger partial charge in [-0.3, -0.25) is 19.3 Å². The predicted octanol–water partition coefficient (Wildman–Crippen LogP) is 1.62. The fraction of sp³-hybridized carbons (Fsp3) is 0.556. The van der Waals surface area contributed by atoms with Crippen LogP contribution in [0.5, 0.6) is 0 Å². The van der Waals surface area contributed by atoms with Crippen molar-refractivity contribution >= 4 is 17.2 Å². The Bertz CT molecular complexity index is 718. The number of aromatic nitrogens is 2. The van der Waals surface area contributed by atoms with Gasteiger partial charge in [0.1, 0.15) is 0 Å². The number of amides is 1. The largest absolute Gasteiger partial charge is 0.340 e. The molecule has 2 aromatic rings. The Kier molecular flexibility index (Phi) is 4.87. The minimum Gasteiger partial charge on any atom is -0.340 e. The topological polar surface area (TPSA) is 44.6 Å². The monoisotopic (exact) mass is 359 g/mol.